The van der Waals surface area contributed by atoms with Gasteiger partial charge in [-0.1, -0.05) is 5.21 Å². The van der Waals surface area contributed by atoms with E-state index in [0.717, 1.165) is 0 Å². The van der Waals surface area contributed by atoms with Crippen molar-refractivity contribution in [3.63, 3.8) is 0 Å². The van der Waals surface area contributed by atoms with Gasteiger partial charge in [-0.25, -0.2) is 0 Å². The van der Waals surface area contributed by atoms with Crippen LogP contribution in [0, 0.1) is 0 Å². The molecule has 1 aromatic rings. The Hall–Kier alpha value is -1.43. The van der Waals surface area contributed by atoms with Gasteiger partial charge in [0, 0.05) is 6.20 Å². The van der Waals surface area contributed by atoms with Crippen molar-refractivity contribution < 1.29 is 9.53 Å². The second-order valence-electron chi connectivity index (χ2n) is 2.25. The Balaban J connectivity index is 2.47. The highest BCUT2D eigenvalue weighted by Crippen LogP contribution is 1.88. The monoisotopic (exact) mass is 170 g/mol. The van der Waals surface area contributed by atoms with E-state index in [2.05, 4.69) is 15.0 Å². The van der Waals surface area contributed by atoms with Gasteiger partial charge < -0.3 is 10.5 Å². The van der Waals surface area contributed by atoms with E-state index in [4.69, 9.17) is 5.73 Å². The molecular formula is C6H10N4O2. The minimum atomic E-state index is -0.684. The summed E-state index contributed by atoms with van der Waals surface area (Å²) in [5.74, 6) is -0.453. The largest absolute Gasteiger partial charge is 0.468 e. The molecule has 0 aliphatic rings. The van der Waals surface area contributed by atoms with Gasteiger partial charge in [0.05, 0.1) is 19.9 Å². The van der Waals surface area contributed by atoms with Gasteiger partial charge >= 0.3 is 5.97 Å². The van der Waals surface area contributed by atoms with Gasteiger partial charge in [-0.05, 0) is 0 Å². The molecule has 0 radical (unpaired) electrons. The number of rotatable bonds is 3. The van der Waals surface area contributed by atoms with Gasteiger partial charge in [-0.2, -0.15) is 0 Å². The van der Waals surface area contributed by atoms with Crippen LogP contribution in [0.2, 0.25) is 0 Å². The molecule has 0 aliphatic heterocycles. The van der Waals surface area contributed by atoms with Gasteiger partial charge in [0.25, 0.3) is 0 Å². The standard InChI is InChI=1S/C6H10N4O2/c1-12-6(11)5(7)4-10-3-2-8-9-10/h2-3,5H,4,7H2,1H3/t5-/m1/s1. The first-order chi connectivity index (χ1) is 5.74. The van der Waals surface area contributed by atoms with Crippen LogP contribution in [0.1, 0.15) is 0 Å². The van der Waals surface area contributed by atoms with Crippen LogP contribution in [0.4, 0.5) is 0 Å². The SMILES string of the molecule is COC(=O)[C@H](N)Cn1ccnn1. The number of carbonyl (C=O) groups excluding carboxylic acids is 1. The van der Waals surface area contributed by atoms with E-state index in [9.17, 15) is 4.79 Å². The second-order valence-corrected chi connectivity index (χ2v) is 2.25. The van der Waals surface area contributed by atoms with Crippen molar-refractivity contribution >= 4 is 5.97 Å². The van der Waals surface area contributed by atoms with Crippen LogP contribution in [-0.4, -0.2) is 34.1 Å². The molecule has 6 nitrogen and oxygen atoms in total. The molecule has 2 N–H and O–H groups in total. The van der Waals surface area contributed by atoms with Crippen molar-refractivity contribution in [1.82, 2.24) is 15.0 Å². The zero-order valence-corrected chi connectivity index (χ0v) is 6.67. The van der Waals surface area contributed by atoms with Crippen molar-refractivity contribution in [1.29, 1.82) is 0 Å². The molecule has 1 aromatic heterocycles. The number of carbonyl (C=O) groups is 1. The molecule has 0 aromatic carbocycles. The van der Waals surface area contributed by atoms with Crippen molar-refractivity contribution in [3.05, 3.63) is 12.4 Å². The van der Waals surface area contributed by atoms with Crippen LogP contribution in [0.15, 0.2) is 12.4 Å². The Morgan fingerprint density at radius 2 is 2.58 bits per heavy atom. The third-order valence-corrected chi connectivity index (χ3v) is 1.36. The molecule has 0 saturated carbocycles. The zero-order valence-electron chi connectivity index (χ0n) is 6.67. The maximum atomic E-state index is 10.8. The summed E-state index contributed by atoms with van der Waals surface area (Å²) >= 11 is 0. The summed E-state index contributed by atoms with van der Waals surface area (Å²) in [7, 11) is 1.30. The number of methoxy groups -OCH3 is 1. The van der Waals surface area contributed by atoms with Crippen LogP contribution in [0.3, 0.4) is 0 Å². The number of hydrogen-bond donors (Lipinski definition) is 1. The molecule has 0 amide bonds. The predicted molar refractivity (Wildman–Crippen MR) is 40.0 cm³/mol. The topological polar surface area (TPSA) is 83.0 Å². The molecule has 0 spiro atoms. The number of esters is 1. The summed E-state index contributed by atoms with van der Waals surface area (Å²) in [5.41, 5.74) is 5.46. The molecule has 1 rings (SSSR count). The van der Waals surface area contributed by atoms with Gasteiger partial charge in [0.2, 0.25) is 0 Å². The smallest absolute Gasteiger partial charge is 0.324 e. The summed E-state index contributed by atoms with van der Waals surface area (Å²) < 4.78 is 5.91. The number of ether oxygens (including phenoxy) is 1. The van der Waals surface area contributed by atoms with E-state index in [-0.39, 0.29) is 6.54 Å². The number of nitrogens with two attached hydrogens (primary N) is 1. The Labute approximate surface area is 69.3 Å². The molecule has 6 heteroatoms. The third kappa shape index (κ3) is 2.03. The van der Waals surface area contributed by atoms with Crippen molar-refractivity contribution in [2.24, 2.45) is 5.73 Å². The Morgan fingerprint density at radius 1 is 1.83 bits per heavy atom. The van der Waals surface area contributed by atoms with Crippen LogP contribution >= 0.6 is 0 Å². The first kappa shape index (κ1) is 8.66. The summed E-state index contributed by atoms with van der Waals surface area (Å²) in [6, 6.07) is -0.684. The molecule has 66 valence electrons. The molecular weight excluding hydrogens is 160 g/mol. The van der Waals surface area contributed by atoms with E-state index in [1.807, 2.05) is 0 Å². The van der Waals surface area contributed by atoms with Crippen molar-refractivity contribution in [2.75, 3.05) is 7.11 Å². The fraction of sp³-hybridized carbons (Fsp3) is 0.500. The predicted octanol–water partition coefficient (Wildman–Crippen LogP) is -1.22. The molecule has 0 bridgehead atoms. The molecule has 0 saturated heterocycles. The lowest BCUT2D eigenvalue weighted by Crippen LogP contribution is -2.35. The lowest BCUT2D eigenvalue weighted by molar-refractivity contribution is -0.142. The fourth-order valence-electron chi connectivity index (χ4n) is 0.758. The molecule has 0 aliphatic carbocycles. The second kappa shape index (κ2) is 3.82. The zero-order chi connectivity index (χ0) is 8.97. The fourth-order valence-corrected chi connectivity index (χ4v) is 0.758. The van der Waals surface area contributed by atoms with Gasteiger partial charge in [0.1, 0.15) is 6.04 Å². The quantitative estimate of drug-likeness (QED) is 0.575. The summed E-state index contributed by atoms with van der Waals surface area (Å²) in [5, 5.41) is 7.22. The minimum Gasteiger partial charge on any atom is -0.468 e. The lowest BCUT2D eigenvalue weighted by atomic mass is 10.3. The maximum absolute atomic E-state index is 10.8. The third-order valence-electron chi connectivity index (χ3n) is 1.36. The van der Waals surface area contributed by atoms with Crippen LogP contribution in [-0.2, 0) is 16.1 Å². The van der Waals surface area contributed by atoms with E-state index in [1.54, 1.807) is 6.20 Å². The number of hydrogen-bond acceptors (Lipinski definition) is 5. The highest BCUT2D eigenvalue weighted by Gasteiger charge is 2.13. The van der Waals surface area contributed by atoms with Crippen LogP contribution < -0.4 is 5.73 Å². The molecule has 0 unspecified atom stereocenters. The lowest BCUT2D eigenvalue weighted by Gasteiger charge is -2.07. The molecule has 1 atom stereocenters. The van der Waals surface area contributed by atoms with Gasteiger partial charge in [-0.3, -0.25) is 9.48 Å². The Bertz CT molecular complexity index is 246. The van der Waals surface area contributed by atoms with Crippen molar-refractivity contribution in [3.8, 4) is 0 Å². The molecule has 12 heavy (non-hydrogen) atoms. The van der Waals surface area contributed by atoms with E-state index >= 15 is 0 Å². The minimum absolute atomic E-state index is 0.284. The highest BCUT2D eigenvalue weighted by molar-refractivity contribution is 5.75. The molecule has 0 fully saturated rings. The van der Waals surface area contributed by atoms with Crippen LogP contribution in [0.25, 0.3) is 0 Å². The van der Waals surface area contributed by atoms with Crippen LogP contribution in [0.5, 0.6) is 0 Å². The summed E-state index contributed by atoms with van der Waals surface area (Å²) in [6.07, 6.45) is 3.15. The van der Waals surface area contributed by atoms with Gasteiger partial charge in [-0.15, -0.1) is 5.10 Å². The van der Waals surface area contributed by atoms with E-state index < -0.39 is 12.0 Å². The average Bonchev–Trinajstić information content (AvgIpc) is 2.55. The summed E-state index contributed by atoms with van der Waals surface area (Å²) in [4.78, 5) is 10.8. The number of aromatic nitrogens is 3. The average molecular weight is 170 g/mol. The normalized spacial score (nSPS) is 12.5. The van der Waals surface area contributed by atoms with Gasteiger partial charge in [0.15, 0.2) is 0 Å². The molecule has 1 heterocycles. The number of nitrogens with zero attached hydrogens (tertiary/aromatic N) is 3. The van der Waals surface area contributed by atoms with E-state index in [1.165, 1.54) is 18.0 Å². The first-order valence-electron chi connectivity index (χ1n) is 3.41. The Morgan fingerprint density at radius 3 is 3.08 bits per heavy atom. The Kier molecular flexibility index (Phi) is 2.76. The maximum Gasteiger partial charge on any atom is 0.324 e. The first-order valence-corrected chi connectivity index (χ1v) is 3.41. The van der Waals surface area contributed by atoms with E-state index in [0.29, 0.717) is 0 Å². The highest BCUT2D eigenvalue weighted by atomic mass is 16.5. The summed E-state index contributed by atoms with van der Waals surface area (Å²) in [6.45, 7) is 0.284. The van der Waals surface area contributed by atoms with Crippen molar-refractivity contribution in [2.45, 2.75) is 12.6 Å².